The Kier molecular flexibility index (Phi) is 6.52. The zero-order valence-electron chi connectivity index (χ0n) is 15.9. The maximum absolute atomic E-state index is 13.9. The Morgan fingerprint density at radius 1 is 1.11 bits per heavy atom. The Bertz CT molecular complexity index is 754. The fraction of sp³-hybridized carbons (Fsp3) is 0.650. The van der Waals surface area contributed by atoms with Gasteiger partial charge in [0.1, 0.15) is 10.7 Å². The van der Waals surface area contributed by atoms with Gasteiger partial charge in [0.25, 0.3) is 0 Å². The molecule has 2 aliphatic rings. The van der Waals surface area contributed by atoms with Gasteiger partial charge in [-0.05, 0) is 43.7 Å². The minimum atomic E-state index is -3.85. The van der Waals surface area contributed by atoms with Crippen LogP contribution in [0.5, 0.6) is 0 Å². The van der Waals surface area contributed by atoms with E-state index in [-0.39, 0.29) is 29.8 Å². The molecule has 1 amide bonds. The number of halogens is 1. The van der Waals surface area contributed by atoms with E-state index in [4.69, 9.17) is 0 Å². The van der Waals surface area contributed by atoms with Crippen LogP contribution >= 0.6 is 0 Å². The smallest absolute Gasteiger partial charge is 0.245 e. The maximum Gasteiger partial charge on any atom is 0.245 e. The summed E-state index contributed by atoms with van der Waals surface area (Å²) in [7, 11) is -1.99. The van der Waals surface area contributed by atoms with E-state index >= 15 is 0 Å². The van der Waals surface area contributed by atoms with Gasteiger partial charge in [0.2, 0.25) is 15.9 Å². The zero-order chi connectivity index (χ0) is 19.4. The number of benzene rings is 1. The highest BCUT2D eigenvalue weighted by Gasteiger charge is 2.34. The molecule has 7 heteroatoms. The van der Waals surface area contributed by atoms with Crippen molar-refractivity contribution in [2.45, 2.75) is 49.8 Å². The van der Waals surface area contributed by atoms with Gasteiger partial charge in [0.15, 0.2) is 0 Å². The molecule has 1 saturated carbocycles. The predicted molar refractivity (Wildman–Crippen MR) is 102 cm³/mol. The van der Waals surface area contributed by atoms with Crippen molar-refractivity contribution in [3.63, 3.8) is 0 Å². The maximum atomic E-state index is 13.9. The van der Waals surface area contributed by atoms with E-state index in [2.05, 4.69) is 0 Å². The van der Waals surface area contributed by atoms with Gasteiger partial charge < -0.3 is 4.90 Å². The van der Waals surface area contributed by atoms with E-state index in [1.165, 1.54) is 54.6 Å². The van der Waals surface area contributed by atoms with Gasteiger partial charge in [0.05, 0.1) is 0 Å². The second-order valence-corrected chi connectivity index (χ2v) is 9.74. The molecule has 0 bridgehead atoms. The molecular formula is C20H29FN2O3S. The lowest BCUT2D eigenvalue weighted by Gasteiger charge is -2.34. The minimum absolute atomic E-state index is 0.114. The number of carbonyl (C=O) groups is 1. The molecule has 0 radical (unpaired) electrons. The van der Waals surface area contributed by atoms with Crippen LogP contribution in [-0.2, 0) is 14.8 Å². The van der Waals surface area contributed by atoms with Gasteiger partial charge in [-0.3, -0.25) is 4.79 Å². The Labute approximate surface area is 161 Å². The van der Waals surface area contributed by atoms with Crippen LogP contribution in [0.2, 0.25) is 0 Å². The van der Waals surface area contributed by atoms with Gasteiger partial charge in [-0.15, -0.1) is 0 Å². The molecule has 150 valence electrons. The first-order valence-electron chi connectivity index (χ1n) is 9.89. The summed E-state index contributed by atoms with van der Waals surface area (Å²) >= 11 is 0. The van der Waals surface area contributed by atoms with Crippen molar-refractivity contribution >= 4 is 15.9 Å². The monoisotopic (exact) mass is 396 g/mol. The first-order valence-corrected chi connectivity index (χ1v) is 11.3. The van der Waals surface area contributed by atoms with E-state index in [9.17, 15) is 17.6 Å². The van der Waals surface area contributed by atoms with Crippen LogP contribution in [0.4, 0.5) is 4.39 Å². The van der Waals surface area contributed by atoms with Crippen LogP contribution in [0.15, 0.2) is 29.2 Å². The first kappa shape index (κ1) is 20.3. The van der Waals surface area contributed by atoms with Crippen LogP contribution in [0.3, 0.4) is 0 Å². The molecule has 0 atom stereocenters. The van der Waals surface area contributed by atoms with Gasteiger partial charge in [-0.1, -0.05) is 31.4 Å². The van der Waals surface area contributed by atoms with E-state index in [1.807, 2.05) is 11.9 Å². The van der Waals surface area contributed by atoms with Crippen molar-refractivity contribution < 1.29 is 17.6 Å². The Morgan fingerprint density at radius 2 is 1.74 bits per heavy atom. The number of rotatable bonds is 5. The summed E-state index contributed by atoms with van der Waals surface area (Å²) in [6.45, 7) is 1.31. The number of nitrogens with zero attached hydrogens (tertiary/aromatic N) is 2. The van der Waals surface area contributed by atoms with Crippen LogP contribution in [0.25, 0.3) is 0 Å². The predicted octanol–water partition coefficient (Wildman–Crippen LogP) is 3.27. The third-order valence-electron chi connectivity index (χ3n) is 5.89. The van der Waals surface area contributed by atoms with Crippen LogP contribution in [0.1, 0.15) is 44.9 Å². The summed E-state index contributed by atoms with van der Waals surface area (Å²) in [6, 6.07) is 5.44. The number of hydrogen-bond acceptors (Lipinski definition) is 3. The fourth-order valence-electron chi connectivity index (χ4n) is 4.29. The molecule has 1 aromatic carbocycles. The summed E-state index contributed by atoms with van der Waals surface area (Å²) in [6.07, 6.45) is 7.15. The molecule has 1 aromatic rings. The molecule has 27 heavy (non-hydrogen) atoms. The summed E-state index contributed by atoms with van der Waals surface area (Å²) < 4.78 is 40.6. The van der Waals surface area contributed by atoms with E-state index in [0.717, 1.165) is 12.6 Å². The number of carbonyl (C=O) groups excluding carboxylic acids is 1. The minimum Gasteiger partial charge on any atom is -0.345 e. The lowest BCUT2D eigenvalue weighted by molar-refractivity contribution is -0.136. The van der Waals surface area contributed by atoms with Crippen LogP contribution in [-0.4, -0.2) is 50.2 Å². The molecular weight excluding hydrogens is 367 g/mol. The Hall–Kier alpha value is -1.47. The summed E-state index contributed by atoms with van der Waals surface area (Å²) in [4.78, 5) is 14.3. The second kappa shape index (κ2) is 8.69. The van der Waals surface area contributed by atoms with Crippen LogP contribution < -0.4 is 0 Å². The quantitative estimate of drug-likeness (QED) is 0.768. The van der Waals surface area contributed by atoms with Gasteiger partial charge in [-0.2, -0.15) is 4.31 Å². The lowest BCUT2D eigenvalue weighted by Crippen LogP contribution is -2.44. The van der Waals surface area contributed by atoms with Gasteiger partial charge in [-0.25, -0.2) is 12.8 Å². The van der Waals surface area contributed by atoms with E-state index in [0.29, 0.717) is 18.8 Å². The third kappa shape index (κ3) is 4.69. The zero-order valence-corrected chi connectivity index (χ0v) is 16.8. The molecule has 0 unspecified atom stereocenters. The Balaban J connectivity index is 1.56. The van der Waals surface area contributed by atoms with Crippen molar-refractivity contribution in [1.82, 2.24) is 9.21 Å². The topological polar surface area (TPSA) is 57.7 Å². The average Bonchev–Trinajstić information content (AvgIpc) is 2.68. The average molecular weight is 397 g/mol. The van der Waals surface area contributed by atoms with Gasteiger partial charge in [0, 0.05) is 32.6 Å². The van der Waals surface area contributed by atoms with Crippen LogP contribution in [0, 0.1) is 17.7 Å². The summed E-state index contributed by atoms with van der Waals surface area (Å²) in [5.74, 6) is -0.175. The first-order chi connectivity index (χ1) is 12.9. The largest absolute Gasteiger partial charge is 0.345 e. The van der Waals surface area contributed by atoms with Crippen molar-refractivity contribution in [3.05, 3.63) is 30.1 Å². The summed E-state index contributed by atoms with van der Waals surface area (Å²) in [5, 5.41) is 0. The molecule has 2 fully saturated rings. The molecule has 0 aromatic heterocycles. The van der Waals surface area contributed by atoms with E-state index < -0.39 is 15.8 Å². The molecule has 1 heterocycles. The third-order valence-corrected chi connectivity index (χ3v) is 7.82. The molecule has 1 aliphatic heterocycles. The molecule has 0 N–H and O–H groups in total. The van der Waals surface area contributed by atoms with Crippen molar-refractivity contribution in [1.29, 1.82) is 0 Å². The van der Waals surface area contributed by atoms with Crippen molar-refractivity contribution in [3.8, 4) is 0 Å². The lowest BCUT2D eigenvalue weighted by atomic mass is 9.88. The highest BCUT2D eigenvalue weighted by atomic mass is 32.2. The summed E-state index contributed by atoms with van der Waals surface area (Å²) in [5.41, 5.74) is 0. The molecule has 3 rings (SSSR count). The number of piperidine rings is 1. The second-order valence-electron chi connectivity index (χ2n) is 7.83. The van der Waals surface area contributed by atoms with E-state index in [1.54, 1.807) is 0 Å². The molecule has 1 saturated heterocycles. The molecule has 0 spiro atoms. The molecule has 5 nitrogen and oxygen atoms in total. The fourth-order valence-corrected chi connectivity index (χ4v) is 5.83. The Morgan fingerprint density at radius 3 is 2.37 bits per heavy atom. The number of hydrogen-bond donors (Lipinski definition) is 0. The molecule has 1 aliphatic carbocycles. The van der Waals surface area contributed by atoms with Crippen molar-refractivity contribution in [2.75, 3.05) is 26.7 Å². The highest BCUT2D eigenvalue weighted by Crippen LogP contribution is 2.28. The highest BCUT2D eigenvalue weighted by molar-refractivity contribution is 7.89. The van der Waals surface area contributed by atoms with Crippen molar-refractivity contribution in [2.24, 2.45) is 11.8 Å². The number of amides is 1. The van der Waals surface area contributed by atoms with Gasteiger partial charge >= 0.3 is 0 Å². The standard InChI is InChI=1S/C20H29FN2O3S/c1-22(15-16-7-3-2-4-8-16)20(24)17-11-13-23(14-12-17)27(25,26)19-10-6-5-9-18(19)21/h5-6,9-10,16-17H,2-4,7-8,11-15H2,1H3. The number of sulfonamides is 1. The SMILES string of the molecule is CN(CC1CCCCC1)C(=O)C1CCN(S(=O)(=O)c2ccccc2F)CC1. The normalized spacial score (nSPS) is 20.5.